The van der Waals surface area contributed by atoms with E-state index in [2.05, 4.69) is 22.8 Å². The third kappa shape index (κ3) is 3.27. The smallest absolute Gasteiger partial charge is 0.239 e. The second-order valence-corrected chi connectivity index (χ2v) is 8.22. The summed E-state index contributed by atoms with van der Waals surface area (Å²) in [6.45, 7) is 0.751. The minimum Gasteiger partial charge on any atom is -0.354 e. The standard InChI is InChI=1S/C25H20N2O2S/c28-24(26-14-13-17-16-30-23-12-6-3-7-18(17)23)15-27-21-10-4-1-8-19(21)25(29)20-9-2-5-11-22(20)27/h1-12,16H,13-15H2,(H,26,28). The van der Waals surface area contributed by atoms with E-state index in [1.807, 2.05) is 65.2 Å². The lowest BCUT2D eigenvalue weighted by Gasteiger charge is -2.15. The lowest BCUT2D eigenvalue weighted by molar-refractivity contribution is -0.121. The molecule has 0 saturated heterocycles. The molecule has 2 aromatic heterocycles. The van der Waals surface area contributed by atoms with Gasteiger partial charge < -0.3 is 9.88 Å². The van der Waals surface area contributed by atoms with Crippen LogP contribution in [0.4, 0.5) is 0 Å². The Hall–Kier alpha value is -3.44. The van der Waals surface area contributed by atoms with E-state index < -0.39 is 0 Å². The number of nitrogens with zero attached hydrogens (tertiary/aromatic N) is 1. The van der Waals surface area contributed by atoms with Gasteiger partial charge >= 0.3 is 0 Å². The third-order valence-electron chi connectivity index (χ3n) is 5.46. The van der Waals surface area contributed by atoms with Crippen LogP contribution >= 0.6 is 11.3 Å². The first-order valence-electron chi connectivity index (χ1n) is 9.94. The molecular weight excluding hydrogens is 392 g/mol. The van der Waals surface area contributed by atoms with Gasteiger partial charge in [0.25, 0.3) is 0 Å². The van der Waals surface area contributed by atoms with Crippen molar-refractivity contribution in [2.24, 2.45) is 0 Å². The van der Waals surface area contributed by atoms with Gasteiger partial charge in [-0.2, -0.15) is 0 Å². The summed E-state index contributed by atoms with van der Waals surface area (Å²) in [4.78, 5) is 25.6. The summed E-state index contributed by atoms with van der Waals surface area (Å²) in [5.74, 6) is -0.0616. The molecule has 5 aromatic rings. The van der Waals surface area contributed by atoms with Gasteiger partial charge in [-0.25, -0.2) is 0 Å². The van der Waals surface area contributed by atoms with Crippen molar-refractivity contribution in [1.82, 2.24) is 9.88 Å². The zero-order chi connectivity index (χ0) is 20.5. The molecule has 3 aromatic carbocycles. The number of benzene rings is 3. The highest BCUT2D eigenvalue weighted by Crippen LogP contribution is 2.25. The van der Waals surface area contributed by atoms with Crippen LogP contribution in [0.15, 0.2) is 83.0 Å². The number of amides is 1. The predicted octanol–water partition coefficient (Wildman–Crippen LogP) is 4.73. The first-order valence-corrected chi connectivity index (χ1v) is 10.8. The van der Waals surface area contributed by atoms with E-state index in [4.69, 9.17) is 0 Å². The van der Waals surface area contributed by atoms with Crippen molar-refractivity contribution in [1.29, 1.82) is 0 Å². The maximum Gasteiger partial charge on any atom is 0.239 e. The summed E-state index contributed by atoms with van der Waals surface area (Å²) in [5, 5.41) is 7.74. The van der Waals surface area contributed by atoms with Gasteiger partial charge in [-0.05, 0) is 53.1 Å². The molecule has 0 atom stereocenters. The van der Waals surface area contributed by atoms with Crippen molar-refractivity contribution in [2.45, 2.75) is 13.0 Å². The van der Waals surface area contributed by atoms with Crippen LogP contribution in [0, 0.1) is 0 Å². The molecule has 1 amide bonds. The third-order valence-corrected chi connectivity index (χ3v) is 6.47. The Balaban J connectivity index is 1.39. The summed E-state index contributed by atoms with van der Waals surface area (Å²) in [7, 11) is 0. The summed E-state index contributed by atoms with van der Waals surface area (Å²) in [6, 6.07) is 23.3. The van der Waals surface area contributed by atoms with Crippen LogP contribution in [0.3, 0.4) is 0 Å². The molecular formula is C25H20N2O2S. The van der Waals surface area contributed by atoms with Crippen LogP contribution in [-0.4, -0.2) is 17.0 Å². The molecule has 30 heavy (non-hydrogen) atoms. The second kappa shape index (κ2) is 7.76. The van der Waals surface area contributed by atoms with Crippen molar-refractivity contribution in [3.63, 3.8) is 0 Å². The van der Waals surface area contributed by atoms with Gasteiger partial charge in [0.2, 0.25) is 5.91 Å². The Bertz CT molecular complexity index is 1390. The molecule has 0 aliphatic heterocycles. The van der Waals surface area contributed by atoms with E-state index in [-0.39, 0.29) is 17.9 Å². The molecule has 5 rings (SSSR count). The molecule has 0 saturated carbocycles. The lowest BCUT2D eigenvalue weighted by Crippen LogP contribution is -2.30. The van der Waals surface area contributed by atoms with Gasteiger partial charge in [0.15, 0.2) is 5.43 Å². The first kappa shape index (κ1) is 18.6. The van der Waals surface area contributed by atoms with Crippen molar-refractivity contribution >= 4 is 49.1 Å². The number of thiophene rings is 1. The van der Waals surface area contributed by atoms with E-state index in [1.54, 1.807) is 11.3 Å². The number of para-hydroxylation sites is 2. The molecule has 0 bridgehead atoms. The number of nitrogens with one attached hydrogen (secondary N) is 1. The van der Waals surface area contributed by atoms with Crippen molar-refractivity contribution < 1.29 is 4.79 Å². The number of pyridine rings is 1. The Morgan fingerprint density at radius 1 is 0.833 bits per heavy atom. The topological polar surface area (TPSA) is 51.1 Å². The normalized spacial score (nSPS) is 11.3. The molecule has 5 heteroatoms. The summed E-state index contributed by atoms with van der Waals surface area (Å²) in [6.07, 6.45) is 0.793. The molecule has 148 valence electrons. The maximum absolute atomic E-state index is 12.8. The number of rotatable bonds is 5. The molecule has 0 radical (unpaired) electrons. The van der Waals surface area contributed by atoms with Crippen molar-refractivity contribution in [3.8, 4) is 0 Å². The fourth-order valence-electron chi connectivity index (χ4n) is 4.01. The summed E-state index contributed by atoms with van der Waals surface area (Å²) < 4.78 is 3.20. The highest BCUT2D eigenvalue weighted by atomic mass is 32.1. The first-order chi connectivity index (χ1) is 14.7. The Kier molecular flexibility index (Phi) is 4.81. The number of hydrogen-bond acceptors (Lipinski definition) is 3. The van der Waals surface area contributed by atoms with Gasteiger partial charge in [-0.1, -0.05) is 42.5 Å². The van der Waals surface area contributed by atoms with E-state index in [1.165, 1.54) is 15.6 Å². The molecule has 0 aliphatic carbocycles. The van der Waals surface area contributed by atoms with Crippen LogP contribution in [-0.2, 0) is 17.8 Å². The van der Waals surface area contributed by atoms with Gasteiger partial charge in [0, 0.05) is 22.0 Å². The average Bonchev–Trinajstić information content (AvgIpc) is 3.20. The van der Waals surface area contributed by atoms with Crippen LogP contribution < -0.4 is 10.7 Å². The number of carbonyl (C=O) groups excluding carboxylic acids is 1. The molecule has 4 nitrogen and oxygen atoms in total. The highest BCUT2D eigenvalue weighted by molar-refractivity contribution is 7.17. The highest BCUT2D eigenvalue weighted by Gasteiger charge is 2.13. The SMILES string of the molecule is O=C(Cn1c2ccccc2c(=O)c2ccccc21)NCCc1csc2ccccc12. The van der Waals surface area contributed by atoms with Crippen molar-refractivity contribution in [2.75, 3.05) is 6.54 Å². The van der Waals surface area contributed by atoms with Crippen LogP contribution in [0.25, 0.3) is 31.9 Å². The molecule has 2 heterocycles. The van der Waals surface area contributed by atoms with E-state index >= 15 is 0 Å². The Morgan fingerprint density at radius 3 is 2.13 bits per heavy atom. The largest absolute Gasteiger partial charge is 0.354 e. The maximum atomic E-state index is 12.8. The van der Waals surface area contributed by atoms with Crippen molar-refractivity contribution in [3.05, 3.63) is 94.0 Å². The monoisotopic (exact) mass is 412 g/mol. The number of carbonyl (C=O) groups is 1. The number of fused-ring (bicyclic) bond motifs is 3. The minimum absolute atomic E-state index is 0.00203. The fourth-order valence-corrected chi connectivity index (χ4v) is 5.01. The molecule has 0 unspecified atom stereocenters. The minimum atomic E-state index is -0.0616. The molecule has 1 N–H and O–H groups in total. The Labute approximate surface area is 177 Å². The van der Waals surface area contributed by atoms with Gasteiger partial charge in [0.05, 0.1) is 11.0 Å². The van der Waals surface area contributed by atoms with Crippen LogP contribution in [0.5, 0.6) is 0 Å². The van der Waals surface area contributed by atoms with E-state index in [0.717, 1.165) is 17.5 Å². The lowest BCUT2D eigenvalue weighted by atomic mass is 10.1. The second-order valence-electron chi connectivity index (χ2n) is 7.31. The molecule has 0 aliphatic rings. The summed E-state index contributed by atoms with van der Waals surface area (Å²) in [5.41, 5.74) is 2.82. The molecule has 0 spiro atoms. The van der Waals surface area contributed by atoms with Gasteiger partial charge in [-0.3, -0.25) is 9.59 Å². The van der Waals surface area contributed by atoms with Crippen LogP contribution in [0.2, 0.25) is 0 Å². The van der Waals surface area contributed by atoms with Gasteiger partial charge in [0.1, 0.15) is 6.54 Å². The number of hydrogen-bond donors (Lipinski definition) is 1. The zero-order valence-corrected chi connectivity index (χ0v) is 17.1. The Morgan fingerprint density at radius 2 is 1.43 bits per heavy atom. The molecule has 0 fully saturated rings. The van der Waals surface area contributed by atoms with E-state index in [0.29, 0.717) is 17.3 Å². The fraction of sp³-hybridized carbons (Fsp3) is 0.120. The summed E-state index contributed by atoms with van der Waals surface area (Å²) >= 11 is 1.73. The van der Waals surface area contributed by atoms with Crippen LogP contribution in [0.1, 0.15) is 5.56 Å². The van der Waals surface area contributed by atoms with E-state index in [9.17, 15) is 9.59 Å². The predicted molar refractivity (Wildman–Crippen MR) is 124 cm³/mol. The quantitative estimate of drug-likeness (QED) is 0.424. The number of aromatic nitrogens is 1. The van der Waals surface area contributed by atoms with Gasteiger partial charge in [-0.15, -0.1) is 11.3 Å². The average molecular weight is 413 g/mol. The zero-order valence-electron chi connectivity index (χ0n) is 16.3.